The molecule has 1 unspecified atom stereocenters. The van der Waals surface area contributed by atoms with Crippen LogP contribution < -0.4 is 10.1 Å². The van der Waals surface area contributed by atoms with E-state index in [1.807, 2.05) is 6.07 Å². The number of rotatable bonds is 8. The summed E-state index contributed by atoms with van der Waals surface area (Å²) in [5.41, 5.74) is 1.30. The molecule has 0 bridgehead atoms. The predicted molar refractivity (Wildman–Crippen MR) is 79.5 cm³/mol. The lowest BCUT2D eigenvalue weighted by molar-refractivity contribution is 0.314. The maximum Gasteiger partial charge on any atom is 0.119 e. The van der Waals surface area contributed by atoms with E-state index in [4.69, 9.17) is 4.74 Å². The Hall–Kier alpha value is -1.06. The van der Waals surface area contributed by atoms with Gasteiger partial charge in [-0.25, -0.2) is 0 Å². The molecule has 1 fully saturated rings. The van der Waals surface area contributed by atoms with Gasteiger partial charge in [0.2, 0.25) is 0 Å². The van der Waals surface area contributed by atoms with Crippen LogP contribution in [-0.2, 0) is 6.54 Å². The molecule has 0 heterocycles. The van der Waals surface area contributed by atoms with E-state index in [1.54, 1.807) is 7.11 Å². The monoisotopic (exact) mass is 262 g/mol. The lowest BCUT2D eigenvalue weighted by Crippen LogP contribution is -2.35. The second-order valence-electron chi connectivity index (χ2n) is 5.67. The van der Waals surface area contributed by atoms with E-state index in [1.165, 1.54) is 18.4 Å². The second-order valence-corrected chi connectivity index (χ2v) is 5.67. The number of hydrogen-bond donors (Lipinski definition) is 1. The fourth-order valence-corrected chi connectivity index (χ4v) is 2.41. The molecule has 0 saturated heterocycles. The van der Waals surface area contributed by atoms with Crippen molar-refractivity contribution in [1.29, 1.82) is 0 Å². The van der Waals surface area contributed by atoms with Gasteiger partial charge >= 0.3 is 0 Å². The first-order valence-corrected chi connectivity index (χ1v) is 7.24. The third-order valence-electron chi connectivity index (χ3n) is 3.88. The van der Waals surface area contributed by atoms with Crippen molar-refractivity contribution in [2.75, 3.05) is 27.2 Å². The molecule has 0 amide bonds. The minimum atomic E-state index is 0.685. The minimum Gasteiger partial charge on any atom is -0.497 e. The zero-order valence-corrected chi connectivity index (χ0v) is 12.4. The molecule has 0 spiro atoms. The van der Waals surface area contributed by atoms with Crippen molar-refractivity contribution in [2.45, 2.75) is 32.4 Å². The smallest absolute Gasteiger partial charge is 0.119 e. The molecule has 1 aliphatic rings. The van der Waals surface area contributed by atoms with Crippen LogP contribution in [0.15, 0.2) is 24.3 Å². The van der Waals surface area contributed by atoms with Gasteiger partial charge in [0, 0.05) is 25.7 Å². The van der Waals surface area contributed by atoms with Crippen molar-refractivity contribution in [3.63, 3.8) is 0 Å². The van der Waals surface area contributed by atoms with Gasteiger partial charge < -0.3 is 15.0 Å². The fraction of sp³-hybridized carbons (Fsp3) is 0.625. The molecule has 1 N–H and O–H groups in total. The summed E-state index contributed by atoms with van der Waals surface area (Å²) in [6.07, 6.45) is 2.82. The van der Waals surface area contributed by atoms with Crippen LogP contribution in [0.5, 0.6) is 5.75 Å². The van der Waals surface area contributed by atoms with Crippen LogP contribution in [0.4, 0.5) is 0 Å². The third kappa shape index (κ3) is 4.84. The number of hydrogen-bond acceptors (Lipinski definition) is 3. The molecule has 1 aromatic rings. The van der Waals surface area contributed by atoms with Gasteiger partial charge in [0.05, 0.1) is 7.11 Å². The number of ether oxygens (including phenoxy) is 1. The summed E-state index contributed by atoms with van der Waals surface area (Å²) in [6.45, 7) is 5.42. The molecular weight excluding hydrogens is 236 g/mol. The Morgan fingerprint density at radius 2 is 2.21 bits per heavy atom. The number of nitrogens with one attached hydrogen (secondary N) is 1. The molecule has 19 heavy (non-hydrogen) atoms. The first-order chi connectivity index (χ1) is 9.19. The van der Waals surface area contributed by atoms with Crippen LogP contribution in [-0.4, -0.2) is 38.2 Å². The quantitative estimate of drug-likeness (QED) is 0.779. The zero-order valence-electron chi connectivity index (χ0n) is 12.4. The van der Waals surface area contributed by atoms with Gasteiger partial charge in [-0.15, -0.1) is 0 Å². The highest BCUT2D eigenvalue weighted by Crippen LogP contribution is 2.32. The Bertz CT molecular complexity index is 390. The van der Waals surface area contributed by atoms with Gasteiger partial charge in [0.15, 0.2) is 0 Å². The summed E-state index contributed by atoms with van der Waals surface area (Å²) in [4.78, 5) is 2.35. The van der Waals surface area contributed by atoms with E-state index >= 15 is 0 Å². The van der Waals surface area contributed by atoms with Crippen LogP contribution in [0.2, 0.25) is 0 Å². The van der Waals surface area contributed by atoms with Gasteiger partial charge in [-0.3, -0.25) is 0 Å². The topological polar surface area (TPSA) is 24.5 Å². The maximum atomic E-state index is 5.25. The van der Waals surface area contributed by atoms with Crippen LogP contribution in [0.25, 0.3) is 0 Å². The molecule has 1 aromatic carbocycles. The molecule has 2 rings (SSSR count). The highest BCUT2D eigenvalue weighted by atomic mass is 16.5. The highest BCUT2D eigenvalue weighted by Gasteiger charge is 2.27. The summed E-state index contributed by atoms with van der Waals surface area (Å²) >= 11 is 0. The number of benzene rings is 1. The highest BCUT2D eigenvalue weighted by molar-refractivity contribution is 5.28. The number of methoxy groups -OCH3 is 1. The average molecular weight is 262 g/mol. The van der Waals surface area contributed by atoms with Gasteiger partial charge in [0.25, 0.3) is 0 Å². The second kappa shape index (κ2) is 6.92. The maximum absolute atomic E-state index is 5.25. The van der Waals surface area contributed by atoms with E-state index in [0.717, 1.165) is 31.3 Å². The van der Waals surface area contributed by atoms with Crippen molar-refractivity contribution in [2.24, 2.45) is 5.92 Å². The van der Waals surface area contributed by atoms with Crippen molar-refractivity contribution in [3.8, 4) is 5.75 Å². The average Bonchev–Trinajstić information content (AvgIpc) is 3.23. The molecular formula is C16H26N2O. The molecule has 0 aromatic heterocycles. The van der Waals surface area contributed by atoms with Gasteiger partial charge in [-0.1, -0.05) is 12.1 Å². The molecule has 106 valence electrons. The van der Waals surface area contributed by atoms with Crippen molar-refractivity contribution < 1.29 is 4.74 Å². The predicted octanol–water partition coefficient (Wildman–Crippen LogP) is 2.52. The Morgan fingerprint density at radius 3 is 2.89 bits per heavy atom. The first kappa shape index (κ1) is 14.4. The summed E-state index contributed by atoms with van der Waals surface area (Å²) in [5, 5.41) is 3.62. The minimum absolute atomic E-state index is 0.685. The first-order valence-electron chi connectivity index (χ1n) is 7.24. The van der Waals surface area contributed by atoms with Crippen molar-refractivity contribution in [1.82, 2.24) is 10.2 Å². The number of likely N-dealkylation sites (N-methyl/N-ethyl adjacent to an activating group) is 1. The normalized spacial score (nSPS) is 16.6. The van der Waals surface area contributed by atoms with Crippen LogP contribution in [0.1, 0.15) is 25.3 Å². The third-order valence-corrected chi connectivity index (χ3v) is 3.88. The molecule has 1 atom stereocenters. The fourth-order valence-electron chi connectivity index (χ4n) is 2.41. The lowest BCUT2D eigenvalue weighted by Gasteiger charge is -2.19. The number of nitrogens with zero attached hydrogens (tertiary/aromatic N) is 1. The Labute approximate surface area is 116 Å². The van der Waals surface area contributed by atoms with E-state index in [-0.39, 0.29) is 0 Å². The van der Waals surface area contributed by atoms with E-state index < -0.39 is 0 Å². The van der Waals surface area contributed by atoms with E-state index in [0.29, 0.717) is 6.04 Å². The van der Waals surface area contributed by atoms with Crippen LogP contribution in [0.3, 0.4) is 0 Å². The summed E-state index contributed by atoms with van der Waals surface area (Å²) in [6, 6.07) is 8.98. The molecule has 3 nitrogen and oxygen atoms in total. The summed E-state index contributed by atoms with van der Waals surface area (Å²) < 4.78 is 5.25. The van der Waals surface area contributed by atoms with Crippen LogP contribution in [0, 0.1) is 5.92 Å². The molecule has 1 saturated carbocycles. The van der Waals surface area contributed by atoms with Gasteiger partial charge in [-0.05, 0) is 50.4 Å². The molecule has 0 aliphatic heterocycles. The summed E-state index contributed by atoms with van der Waals surface area (Å²) in [5.74, 6) is 1.87. The van der Waals surface area contributed by atoms with E-state index in [9.17, 15) is 0 Å². The lowest BCUT2D eigenvalue weighted by atomic mass is 10.2. The van der Waals surface area contributed by atoms with Gasteiger partial charge in [0.1, 0.15) is 5.75 Å². The van der Waals surface area contributed by atoms with Crippen molar-refractivity contribution in [3.05, 3.63) is 29.8 Å². The SMILES string of the molecule is COc1cccc(CN(C)CCNC(C)C2CC2)c1. The molecule has 1 aliphatic carbocycles. The largest absolute Gasteiger partial charge is 0.497 e. The van der Waals surface area contributed by atoms with Crippen LogP contribution >= 0.6 is 0 Å². The zero-order chi connectivity index (χ0) is 13.7. The van der Waals surface area contributed by atoms with Crippen molar-refractivity contribution >= 4 is 0 Å². The Morgan fingerprint density at radius 1 is 1.42 bits per heavy atom. The Kier molecular flexibility index (Phi) is 5.23. The standard InChI is InChI=1S/C16H26N2O/c1-13(15-7-8-15)17-9-10-18(2)12-14-5-4-6-16(11-14)19-3/h4-6,11,13,15,17H,7-10,12H2,1-3H3. The summed E-state index contributed by atoms with van der Waals surface area (Å²) in [7, 11) is 3.88. The molecule has 3 heteroatoms. The Balaban J connectivity index is 1.69. The van der Waals surface area contributed by atoms with E-state index in [2.05, 4.69) is 42.4 Å². The van der Waals surface area contributed by atoms with Gasteiger partial charge in [-0.2, -0.15) is 0 Å². The molecule has 0 radical (unpaired) electrons.